The van der Waals surface area contributed by atoms with Crippen molar-refractivity contribution in [2.24, 2.45) is 0 Å². The maximum atomic E-state index is 12.4. The van der Waals surface area contributed by atoms with Crippen LogP contribution in [0.3, 0.4) is 0 Å². The van der Waals surface area contributed by atoms with Crippen molar-refractivity contribution < 1.29 is 9.90 Å². The molecule has 1 N–H and O–H groups in total. The van der Waals surface area contributed by atoms with Gasteiger partial charge < -0.3 is 5.11 Å². The SMILES string of the molecule is CC(O)c1csc(N(C)C(=O)c2ccc(Cl)cc2Cl)n1. The summed E-state index contributed by atoms with van der Waals surface area (Å²) in [6, 6.07) is 4.71. The summed E-state index contributed by atoms with van der Waals surface area (Å²) in [6.45, 7) is 1.62. The summed E-state index contributed by atoms with van der Waals surface area (Å²) in [4.78, 5) is 18.0. The van der Waals surface area contributed by atoms with Gasteiger partial charge in [0.2, 0.25) is 0 Å². The van der Waals surface area contributed by atoms with Crippen LogP contribution in [0.5, 0.6) is 0 Å². The molecule has 0 saturated carbocycles. The summed E-state index contributed by atoms with van der Waals surface area (Å²) in [5, 5.41) is 12.4. The number of halogens is 2. The number of aliphatic hydroxyl groups excluding tert-OH is 1. The second kappa shape index (κ2) is 6.10. The zero-order valence-electron chi connectivity index (χ0n) is 10.8. The molecule has 1 unspecified atom stereocenters. The van der Waals surface area contributed by atoms with Crippen LogP contribution < -0.4 is 4.90 Å². The normalized spacial score (nSPS) is 12.2. The van der Waals surface area contributed by atoms with E-state index in [0.717, 1.165) is 0 Å². The molecule has 1 aromatic heterocycles. The number of carbonyl (C=O) groups is 1. The molecule has 0 radical (unpaired) electrons. The second-order valence-electron chi connectivity index (χ2n) is 4.22. The lowest BCUT2D eigenvalue weighted by Crippen LogP contribution is -2.26. The van der Waals surface area contributed by atoms with Gasteiger partial charge in [-0.3, -0.25) is 9.69 Å². The van der Waals surface area contributed by atoms with Crippen molar-refractivity contribution in [3.63, 3.8) is 0 Å². The van der Waals surface area contributed by atoms with Gasteiger partial charge in [0.05, 0.1) is 22.4 Å². The van der Waals surface area contributed by atoms with Gasteiger partial charge in [0, 0.05) is 17.5 Å². The summed E-state index contributed by atoms with van der Waals surface area (Å²) in [5.41, 5.74) is 0.888. The van der Waals surface area contributed by atoms with Crippen molar-refractivity contribution in [3.05, 3.63) is 44.9 Å². The molecule has 0 bridgehead atoms. The Morgan fingerprint density at radius 3 is 2.70 bits per heavy atom. The first-order valence-corrected chi connectivity index (χ1v) is 7.40. The molecule has 1 amide bonds. The smallest absolute Gasteiger partial charge is 0.261 e. The Labute approximate surface area is 130 Å². The van der Waals surface area contributed by atoms with Crippen LogP contribution in [-0.2, 0) is 0 Å². The van der Waals surface area contributed by atoms with Gasteiger partial charge in [0.1, 0.15) is 0 Å². The summed E-state index contributed by atoms with van der Waals surface area (Å²) in [5.74, 6) is -0.279. The van der Waals surface area contributed by atoms with Crippen LogP contribution in [0.2, 0.25) is 10.0 Å². The molecule has 0 aliphatic rings. The van der Waals surface area contributed by atoms with Crippen LogP contribution in [0.25, 0.3) is 0 Å². The summed E-state index contributed by atoms with van der Waals surface area (Å²) >= 11 is 13.1. The summed E-state index contributed by atoms with van der Waals surface area (Å²) < 4.78 is 0. The lowest BCUT2D eigenvalue weighted by molar-refractivity contribution is 0.0993. The number of anilines is 1. The molecule has 4 nitrogen and oxygen atoms in total. The van der Waals surface area contributed by atoms with Crippen molar-refractivity contribution >= 4 is 45.6 Å². The van der Waals surface area contributed by atoms with Gasteiger partial charge >= 0.3 is 0 Å². The molecular weight excluding hydrogens is 319 g/mol. The van der Waals surface area contributed by atoms with Gasteiger partial charge in [-0.2, -0.15) is 0 Å². The van der Waals surface area contributed by atoms with E-state index in [1.807, 2.05) is 0 Å². The van der Waals surface area contributed by atoms with Crippen LogP contribution in [-0.4, -0.2) is 23.0 Å². The van der Waals surface area contributed by atoms with Gasteiger partial charge in [-0.15, -0.1) is 11.3 Å². The monoisotopic (exact) mass is 330 g/mol. The molecule has 1 aromatic carbocycles. The van der Waals surface area contributed by atoms with E-state index in [2.05, 4.69) is 4.98 Å². The molecule has 0 spiro atoms. The number of rotatable bonds is 3. The Balaban J connectivity index is 2.27. The lowest BCUT2D eigenvalue weighted by atomic mass is 10.2. The minimum absolute atomic E-state index is 0.279. The highest BCUT2D eigenvalue weighted by Crippen LogP contribution is 2.27. The van der Waals surface area contributed by atoms with Crippen LogP contribution in [0.1, 0.15) is 29.1 Å². The van der Waals surface area contributed by atoms with Gasteiger partial charge in [0.25, 0.3) is 5.91 Å². The Morgan fingerprint density at radius 2 is 2.15 bits per heavy atom. The van der Waals surface area contributed by atoms with Crippen molar-refractivity contribution in [2.45, 2.75) is 13.0 Å². The number of benzene rings is 1. The molecule has 1 heterocycles. The van der Waals surface area contributed by atoms with E-state index in [1.165, 1.54) is 22.3 Å². The zero-order chi connectivity index (χ0) is 14.9. The lowest BCUT2D eigenvalue weighted by Gasteiger charge is -2.14. The number of carbonyl (C=O) groups excluding carboxylic acids is 1. The average molecular weight is 331 g/mol. The Kier molecular flexibility index (Phi) is 4.65. The van der Waals surface area contributed by atoms with Crippen molar-refractivity contribution in [2.75, 3.05) is 11.9 Å². The first kappa shape index (κ1) is 15.3. The minimum Gasteiger partial charge on any atom is -0.387 e. The highest BCUT2D eigenvalue weighted by molar-refractivity contribution is 7.14. The Morgan fingerprint density at radius 1 is 1.45 bits per heavy atom. The molecule has 2 aromatic rings. The van der Waals surface area contributed by atoms with Crippen molar-refractivity contribution in [1.82, 2.24) is 4.98 Å². The van der Waals surface area contributed by atoms with E-state index < -0.39 is 6.10 Å². The minimum atomic E-state index is -0.664. The third-order valence-electron chi connectivity index (χ3n) is 2.69. The average Bonchev–Trinajstić information content (AvgIpc) is 2.87. The molecule has 2 rings (SSSR count). The second-order valence-corrected chi connectivity index (χ2v) is 5.90. The molecule has 0 fully saturated rings. The van der Waals surface area contributed by atoms with Gasteiger partial charge in [0.15, 0.2) is 5.13 Å². The number of hydrogen-bond acceptors (Lipinski definition) is 4. The highest BCUT2D eigenvalue weighted by atomic mass is 35.5. The molecule has 1 atom stereocenters. The third-order valence-corrected chi connectivity index (χ3v) is 4.17. The highest BCUT2D eigenvalue weighted by Gasteiger charge is 2.20. The van der Waals surface area contributed by atoms with E-state index in [0.29, 0.717) is 26.4 Å². The first-order valence-electron chi connectivity index (χ1n) is 5.76. The maximum absolute atomic E-state index is 12.4. The molecule has 0 aliphatic carbocycles. The topological polar surface area (TPSA) is 53.4 Å². The van der Waals surface area contributed by atoms with Gasteiger partial charge in [-0.05, 0) is 25.1 Å². The number of nitrogens with zero attached hydrogens (tertiary/aromatic N) is 2. The first-order chi connectivity index (χ1) is 9.40. The van der Waals surface area contributed by atoms with Crippen LogP contribution >= 0.6 is 34.5 Å². The number of amides is 1. The standard InChI is InChI=1S/C13H12Cl2N2O2S/c1-7(18)11-6-20-13(16-11)17(2)12(19)9-4-3-8(14)5-10(9)15/h3-7,18H,1-2H3. The van der Waals surface area contributed by atoms with Crippen molar-refractivity contribution in [3.8, 4) is 0 Å². The fourth-order valence-corrected chi connectivity index (χ4v) is 2.92. The quantitative estimate of drug-likeness (QED) is 0.931. The molecule has 7 heteroatoms. The summed E-state index contributed by atoms with van der Waals surface area (Å²) in [7, 11) is 1.61. The number of hydrogen-bond donors (Lipinski definition) is 1. The molecular formula is C13H12Cl2N2O2S. The molecule has 106 valence electrons. The van der Waals surface area contributed by atoms with E-state index in [4.69, 9.17) is 23.2 Å². The predicted octanol–water partition coefficient (Wildman–Crippen LogP) is 3.78. The van der Waals surface area contributed by atoms with Crippen LogP contribution in [0.4, 0.5) is 5.13 Å². The zero-order valence-corrected chi connectivity index (χ0v) is 13.1. The van der Waals surface area contributed by atoms with E-state index in [1.54, 1.807) is 31.5 Å². The largest absolute Gasteiger partial charge is 0.387 e. The predicted molar refractivity (Wildman–Crippen MR) is 81.9 cm³/mol. The van der Waals surface area contributed by atoms with Gasteiger partial charge in [-0.1, -0.05) is 23.2 Å². The Bertz CT molecular complexity index is 643. The number of aromatic nitrogens is 1. The van der Waals surface area contributed by atoms with E-state index in [-0.39, 0.29) is 5.91 Å². The fraction of sp³-hybridized carbons (Fsp3) is 0.231. The van der Waals surface area contributed by atoms with E-state index >= 15 is 0 Å². The third kappa shape index (κ3) is 3.12. The molecule has 0 aliphatic heterocycles. The van der Waals surface area contributed by atoms with Crippen molar-refractivity contribution in [1.29, 1.82) is 0 Å². The van der Waals surface area contributed by atoms with Crippen LogP contribution in [0.15, 0.2) is 23.6 Å². The molecule has 20 heavy (non-hydrogen) atoms. The fourth-order valence-electron chi connectivity index (χ4n) is 1.55. The van der Waals surface area contributed by atoms with Crippen LogP contribution in [0, 0.1) is 0 Å². The van der Waals surface area contributed by atoms with Gasteiger partial charge in [-0.25, -0.2) is 4.98 Å². The molecule has 0 saturated heterocycles. The summed E-state index contributed by atoms with van der Waals surface area (Å²) in [6.07, 6.45) is -0.664. The van der Waals surface area contributed by atoms with E-state index in [9.17, 15) is 9.90 Å². The number of thiazole rings is 1. The number of aliphatic hydroxyl groups is 1. The maximum Gasteiger partial charge on any atom is 0.261 e. The Hall–Kier alpha value is -1.14.